The fourth-order valence-electron chi connectivity index (χ4n) is 3.16. The number of hydrogen-bond acceptors (Lipinski definition) is 1. The Hall–Kier alpha value is -3.26. The van der Waals surface area contributed by atoms with Crippen molar-refractivity contribution in [2.45, 2.75) is 25.7 Å². The molecule has 0 aromatic heterocycles. The fraction of sp³-hybridized carbons (Fsp3) is 0.148. The molecule has 0 heterocycles. The number of hydrogen-bond donors (Lipinski definition) is 0. The van der Waals surface area contributed by atoms with Crippen LogP contribution in [0.5, 0.6) is 0 Å². The lowest BCUT2D eigenvalue weighted by molar-refractivity contribution is 0.104. The molecule has 2 heteroatoms. The third-order valence-electron chi connectivity index (χ3n) is 4.93. The molecule has 0 fully saturated rings. The summed E-state index contributed by atoms with van der Waals surface area (Å²) in [7, 11) is 0. The lowest BCUT2D eigenvalue weighted by Crippen LogP contribution is -1.94. The number of allylic oxidation sites excluding steroid dienone is 1. The van der Waals surface area contributed by atoms with Gasteiger partial charge in [0, 0.05) is 5.56 Å². The number of halogens is 1. The Labute approximate surface area is 172 Å². The summed E-state index contributed by atoms with van der Waals surface area (Å²) in [4.78, 5) is 12.1. The molecule has 0 N–H and O–H groups in total. The van der Waals surface area contributed by atoms with Crippen molar-refractivity contribution < 1.29 is 9.18 Å². The molecule has 0 saturated carbocycles. The van der Waals surface area contributed by atoms with Gasteiger partial charge in [0.15, 0.2) is 5.78 Å². The molecule has 0 atom stereocenters. The molecule has 1 nitrogen and oxygen atoms in total. The van der Waals surface area contributed by atoms with Gasteiger partial charge in [-0.2, -0.15) is 0 Å². The monoisotopic (exact) mass is 384 g/mol. The molecule has 0 aliphatic carbocycles. The van der Waals surface area contributed by atoms with Crippen LogP contribution in [0.3, 0.4) is 0 Å². The van der Waals surface area contributed by atoms with Crippen molar-refractivity contribution in [2.24, 2.45) is 0 Å². The number of benzene rings is 3. The zero-order valence-electron chi connectivity index (χ0n) is 16.5. The molecule has 29 heavy (non-hydrogen) atoms. The van der Waals surface area contributed by atoms with Crippen molar-refractivity contribution in [3.63, 3.8) is 0 Å². The van der Waals surface area contributed by atoms with Crippen molar-refractivity contribution in [2.75, 3.05) is 0 Å². The van der Waals surface area contributed by atoms with E-state index in [2.05, 4.69) is 43.0 Å². The molecular weight excluding hydrogens is 359 g/mol. The highest BCUT2D eigenvalue weighted by molar-refractivity contribution is 6.06. The Balaban J connectivity index is 1.45. The fourth-order valence-corrected chi connectivity index (χ4v) is 3.16. The van der Waals surface area contributed by atoms with E-state index in [1.165, 1.54) is 41.5 Å². The number of ketones is 1. The van der Waals surface area contributed by atoms with Crippen molar-refractivity contribution in [1.82, 2.24) is 0 Å². The molecule has 0 spiro atoms. The number of carbonyl (C=O) groups excluding carboxylic acids is 1. The van der Waals surface area contributed by atoms with Gasteiger partial charge in [-0.3, -0.25) is 4.79 Å². The Morgan fingerprint density at radius 3 is 1.79 bits per heavy atom. The second-order valence-electron chi connectivity index (χ2n) is 7.10. The van der Waals surface area contributed by atoms with E-state index in [0.717, 1.165) is 36.8 Å². The molecule has 0 radical (unpaired) electrons. The maximum absolute atomic E-state index is 12.9. The predicted octanol–water partition coefficient (Wildman–Crippen LogP) is 6.93. The first-order valence-electron chi connectivity index (χ1n) is 9.92. The maximum atomic E-state index is 12.9. The maximum Gasteiger partial charge on any atom is 0.185 e. The standard InChI is InChI=1S/C27H25FO/c1-2-21-7-9-22(10-8-21)5-3-4-6-23-11-13-24(14-12-23)15-20-27(29)25-16-18-26(28)19-17-25/h2,7-20H,1,3-6H2/b20-15+. The van der Waals surface area contributed by atoms with E-state index in [4.69, 9.17) is 0 Å². The van der Waals surface area contributed by atoms with E-state index < -0.39 is 0 Å². The highest BCUT2D eigenvalue weighted by Gasteiger charge is 2.02. The molecule has 146 valence electrons. The van der Waals surface area contributed by atoms with Crippen molar-refractivity contribution in [3.8, 4) is 0 Å². The molecule has 0 aliphatic rings. The van der Waals surface area contributed by atoms with Gasteiger partial charge in [-0.1, -0.05) is 67.3 Å². The highest BCUT2D eigenvalue weighted by Crippen LogP contribution is 2.13. The second kappa shape index (κ2) is 10.3. The van der Waals surface area contributed by atoms with Gasteiger partial charge in [0.2, 0.25) is 0 Å². The van der Waals surface area contributed by atoms with Gasteiger partial charge in [-0.25, -0.2) is 4.39 Å². The Morgan fingerprint density at radius 2 is 1.28 bits per heavy atom. The molecule has 0 aliphatic heterocycles. The SMILES string of the molecule is C=Cc1ccc(CCCCc2ccc(/C=C/C(=O)c3ccc(F)cc3)cc2)cc1. The van der Waals surface area contributed by atoms with E-state index in [1.807, 2.05) is 18.2 Å². The second-order valence-corrected chi connectivity index (χ2v) is 7.10. The van der Waals surface area contributed by atoms with E-state index in [9.17, 15) is 9.18 Å². The average Bonchev–Trinajstić information content (AvgIpc) is 2.77. The van der Waals surface area contributed by atoms with Crippen LogP contribution in [0.15, 0.2) is 85.5 Å². The van der Waals surface area contributed by atoms with Crippen LogP contribution >= 0.6 is 0 Å². The minimum absolute atomic E-state index is 0.129. The van der Waals surface area contributed by atoms with E-state index in [-0.39, 0.29) is 11.6 Å². The molecule has 0 amide bonds. The van der Waals surface area contributed by atoms with E-state index in [1.54, 1.807) is 6.08 Å². The molecule has 0 unspecified atom stereocenters. The highest BCUT2D eigenvalue weighted by atomic mass is 19.1. The Kier molecular flexibility index (Phi) is 7.29. The van der Waals surface area contributed by atoms with E-state index in [0.29, 0.717) is 5.56 Å². The average molecular weight is 384 g/mol. The normalized spacial score (nSPS) is 10.9. The molecular formula is C27H25FO. The van der Waals surface area contributed by atoms with Gasteiger partial charge < -0.3 is 0 Å². The first kappa shape index (κ1) is 20.5. The van der Waals surface area contributed by atoms with Gasteiger partial charge in [0.25, 0.3) is 0 Å². The molecule has 0 saturated heterocycles. The summed E-state index contributed by atoms with van der Waals surface area (Å²) in [5.74, 6) is -0.470. The summed E-state index contributed by atoms with van der Waals surface area (Å²) in [6.45, 7) is 3.78. The minimum atomic E-state index is -0.341. The van der Waals surface area contributed by atoms with Crippen LogP contribution in [0.1, 0.15) is 45.5 Å². The van der Waals surface area contributed by atoms with Crippen LogP contribution in [0.25, 0.3) is 12.2 Å². The van der Waals surface area contributed by atoms with Crippen LogP contribution in [-0.2, 0) is 12.8 Å². The summed E-state index contributed by atoms with van der Waals surface area (Å²) in [5, 5.41) is 0. The van der Waals surface area contributed by atoms with Crippen molar-refractivity contribution in [3.05, 3.63) is 119 Å². The number of carbonyl (C=O) groups is 1. The Morgan fingerprint density at radius 1 is 0.759 bits per heavy atom. The van der Waals surface area contributed by atoms with Crippen molar-refractivity contribution in [1.29, 1.82) is 0 Å². The quantitative estimate of drug-likeness (QED) is 0.222. The van der Waals surface area contributed by atoms with Crippen LogP contribution in [0.2, 0.25) is 0 Å². The number of unbranched alkanes of at least 4 members (excludes halogenated alkanes) is 1. The van der Waals surface area contributed by atoms with Crippen LogP contribution in [0, 0.1) is 5.82 Å². The summed E-state index contributed by atoms with van der Waals surface area (Å²) >= 11 is 0. The molecule has 0 bridgehead atoms. The van der Waals surface area contributed by atoms with Crippen LogP contribution in [-0.4, -0.2) is 5.78 Å². The lowest BCUT2D eigenvalue weighted by Gasteiger charge is -2.04. The molecule has 3 rings (SSSR count). The largest absolute Gasteiger partial charge is 0.289 e. The number of rotatable bonds is 9. The predicted molar refractivity (Wildman–Crippen MR) is 119 cm³/mol. The zero-order valence-corrected chi connectivity index (χ0v) is 16.5. The third-order valence-corrected chi connectivity index (χ3v) is 4.93. The first-order chi connectivity index (χ1) is 14.1. The van der Waals surface area contributed by atoms with Crippen LogP contribution in [0.4, 0.5) is 4.39 Å². The first-order valence-corrected chi connectivity index (χ1v) is 9.92. The Bertz CT molecular complexity index is 965. The molecule has 3 aromatic carbocycles. The topological polar surface area (TPSA) is 17.1 Å². The summed E-state index contributed by atoms with van der Waals surface area (Å²) in [6.07, 6.45) is 9.61. The van der Waals surface area contributed by atoms with Crippen LogP contribution < -0.4 is 0 Å². The van der Waals surface area contributed by atoms with Gasteiger partial charge >= 0.3 is 0 Å². The van der Waals surface area contributed by atoms with Crippen molar-refractivity contribution >= 4 is 17.9 Å². The minimum Gasteiger partial charge on any atom is -0.289 e. The number of aryl methyl sites for hydroxylation is 2. The summed E-state index contributed by atoms with van der Waals surface area (Å²) in [6, 6.07) is 22.4. The zero-order chi connectivity index (χ0) is 20.5. The van der Waals surface area contributed by atoms with E-state index >= 15 is 0 Å². The smallest absolute Gasteiger partial charge is 0.185 e. The van der Waals surface area contributed by atoms with Gasteiger partial charge in [-0.15, -0.1) is 0 Å². The lowest BCUT2D eigenvalue weighted by atomic mass is 10.0. The summed E-state index contributed by atoms with van der Waals surface area (Å²) in [5.41, 5.74) is 5.28. The molecule has 3 aromatic rings. The third kappa shape index (κ3) is 6.39. The summed E-state index contributed by atoms with van der Waals surface area (Å²) < 4.78 is 12.9. The van der Waals surface area contributed by atoms with Gasteiger partial charge in [0.05, 0.1) is 0 Å². The van der Waals surface area contributed by atoms with Gasteiger partial charge in [-0.05, 0) is 78.3 Å². The van der Waals surface area contributed by atoms with Gasteiger partial charge in [0.1, 0.15) is 5.82 Å².